The average Bonchev–Trinajstić information content (AvgIpc) is 3.12. The molecule has 10 heteroatoms. The van der Waals surface area contributed by atoms with Gasteiger partial charge in [0.15, 0.2) is 0 Å². The van der Waals surface area contributed by atoms with E-state index in [-0.39, 0.29) is 28.4 Å². The number of hydrazine groups is 1. The van der Waals surface area contributed by atoms with Crippen LogP contribution < -0.4 is 21.9 Å². The number of amides is 1. The first-order chi connectivity index (χ1) is 13.8. The summed E-state index contributed by atoms with van der Waals surface area (Å²) in [6.07, 6.45) is 1.49. The fourth-order valence-electron chi connectivity index (χ4n) is 2.68. The molecule has 0 saturated heterocycles. The number of rotatable bonds is 7. The van der Waals surface area contributed by atoms with E-state index in [1.165, 1.54) is 30.7 Å². The number of hydrogen-bond donors (Lipinski definition) is 3. The Bertz CT molecular complexity index is 1060. The van der Waals surface area contributed by atoms with Gasteiger partial charge in [0.1, 0.15) is 22.6 Å². The fraction of sp³-hybridized carbons (Fsp3) is 0.158. The number of carbonyl (C=O) groups is 2. The molecular formula is C19H19FN6O2S. The first-order valence-corrected chi connectivity index (χ1v) is 9.38. The Hall–Kier alpha value is -3.37. The maximum atomic E-state index is 14.7. The third-order valence-corrected chi connectivity index (χ3v) is 5.03. The van der Waals surface area contributed by atoms with Crippen molar-refractivity contribution in [2.75, 3.05) is 10.3 Å². The van der Waals surface area contributed by atoms with Crippen molar-refractivity contribution in [2.24, 2.45) is 11.6 Å². The van der Waals surface area contributed by atoms with E-state index in [2.05, 4.69) is 14.7 Å². The Kier molecular flexibility index (Phi) is 5.85. The van der Waals surface area contributed by atoms with E-state index in [1.807, 2.05) is 6.92 Å². The highest BCUT2D eigenvalue weighted by Gasteiger charge is 2.25. The Balaban J connectivity index is 1.96. The van der Waals surface area contributed by atoms with Gasteiger partial charge in [-0.05, 0) is 55.7 Å². The summed E-state index contributed by atoms with van der Waals surface area (Å²) in [5.74, 6) is 4.10. The van der Waals surface area contributed by atoms with E-state index in [9.17, 15) is 14.0 Å². The summed E-state index contributed by atoms with van der Waals surface area (Å²) < 4.78 is 18.9. The summed E-state index contributed by atoms with van der Waals surface area (Å²) in [5.41, 5.74) is 6.52. The molecule has 1 unspecified atom stereocenters. The molecule has 2 aromatic heterocycles. The van der Waals surface area contributed by atoms with Gasteiger partial charge < -0.3 is 11.1 Å². The zero-order chi connectivity index (χ0) is 21.1. The first kappa shape index (κ1) is 20.4. The van der Waals surface area contributed by atoms with Gasteiger partial charge in [-0.15, -0.1) is 0 Å². The minimum Gasteiger partial charge on any atom is -0.366 e. The van der Waals surface area contributed by atoms with Gasteiger partial charge in [0.25, 0.3) is 5.91 Å². The number of hydrogen-bond acceptors (Lipinski definition) is 8. The van der Waals surface area contributed by atoms with Crippen molar-refractivity contribution in [3.63, 3.8) is 0 Å². The normalized spacial score (nSPS) is 11.7. The SMILES string of the molecule is Cc1cc(Nc2cc(N(N)C(C)C(=O)c3ccccn3)c(F)cc2C(N)=O)sn1. The van der Waals surface area contributed by atoms with Crippen LogP contribution in [0.3, 0.4) is 0 Å². The van der Waals surface area contributed by atoms with Crippen molar-refractivity contribution in [3.8, 4) is 0 Å². The second-order valence-electron chi connectivity index (χ2n) is 6.33. The minimum absolute atomic E-state index is 0.0468. The Morgan fingerprint density at radius 2 is 2.03 bits per heavy atom. The van der Waals surface area contributed by atoms with E-state index < -0.39 is 17.8 Å². The molecule has 0 aliphatic heterocycles. The van der Waals surface area contributed by atoms with Crippen LogP contribution in [0.2, 0.25) is 0 Å². The van der Waals surface area contributed by atoms with E-state index >= 15 is 0 Å². The molecule has 3 rings (SSSR count). The summed E-state index contributed by atoms with van der Waals surface area (Å²) in [6, 6.07) is 8.11. The van der Waals surface area contributed by atoms with Gasteiger partial charge in [-0.25, -0.2) is 10.2 Å². The molecule has 0 saturated carbocycles. The van der Waals surface area contributed by atoms with Crippen LogP contribution in [0.25, 0.3) is 0 Å². The topological polar surface area (TPSA) is 127 Å². The number of primary amides is 1. The molecule has 29 heavy (non-hydrogen) atoms. The summed E-state index contributed by atoms with van der Waals surface area (Å²) in [6.45, 7) is 3.36. The zero-order valence-electron chi connectivity index (χ0n) is 15.7. The van der Waals surface area contributed by atoms with Gasteiger partial charge in [0, 0.05) is 6.20 Å². The van der Waals surface area contributed by atoms with Crippen LogP contribution >= 0.6 is 11.5 Å². The number of halogens is 1. The molecule has 0 fully saturated rings. The molecule has 5 N–H and O–H groups in total. The molecule has 1 aromatic carbocycles. The van der Waals surface area contributed by atoms with Crippen molar-refractivity contribution in [1.82, 2.24) is 9.36 Å². The smallest absolute Gasteiger partial charge is 0.250 e. The lowest BCUT2D eigenvalue weighted by Gasteiger charge is -2.26. The second-order valence-corrected chi connectivity index (χ2v) is 7.14. The number of carbonyl (C=O) groups excluding carboxylic acids is 2. The van der Waals surface area contributed by atoms with Crippen LogP contribution in [0.5, 0.6) is 0 Å². The molecule has 0 radical (unpaired) electrons. The van der Waals surface area contributed by atoms with Gasteiger partial charge in [-0.1, -0.05) is 6.07 Å². The van der Waals surface area contributed by atoms with Gasteiger partial charge in [-0.3, -0.25) is 19.6 Å². The minimum atomic E-state index is -0.905. The van der Waals surface area contributed by atoms with Crippen molar-refractivity contribution in [2.45, 2.75) is 19.9 Å². The number of pyridine rings is 1. The van der Waals surface area contributed by atoms with E-state index in [4.69, 9.17) is 11.6 Å². The highest BCUT2D eigenvalue weighted by molar-refractivity contribution is 7.10. The van der Waals surface area contributed by atoms with Crippen LogP contribution in [-0.2, 0) is 0 Å². The van der Waals surface area contributed by atoms with Crippen molar-refractivity contribution in [3.05, 3.63) is 65.4 Å². The van der Waals surface area contributed by atoms with Crippen LogP contribution in [0.4, 0.5) is 20.8 Å². The number of nitrogens with two attached hydrogens (primary N) is 2. The molecule has 8 nitrogen and oxygen atoms in total. The first-order valence-electron chi connectivity index (χ1n) is 8.60. The van der Waals surface area contributed by atoms with Crippen LogP contribution in [-0.4, -0.2) is 27.1 Å². The predicted octanol–water partition coefficient (Wildman–Crippen LogP) is 2.78. The molecule has 0 bridgehead atoms. The number of aromatic nitrogens is 2. The maximum Gasteiger partial charge on any atom is 0.250 e. The monoisotopic (exact) mass is 414 g/mol. The summed E-state index contributed by atoms with van der Waals surface area (Å²) in [4.78, 5) is 28.4. The summed E-state index contributed by atoms with van der Waals surface area (Å²) >= 11 is 1.18. The standard InChI is InChI=1S/C19H19FN6O2S/c1-10-7-17(29-25-10)24-15-9-16(13(20)8-12(15)19(21)28)26(22)11(2)18(27)14-5-3-4-6-23-14/h3-9,11,24H,22H2,1-2H3,(H2,21,28). The van der Waals surface area contributed by atoms with Gasteiger partial charge in [0.2, 0.25) is 5.78 Å². The van der Waals surface area contributed by atoms with Crippen LogP contribution in [0.15, 0.2) is 42.6 Å². The highest BCUT2D eigenvalue weighted by Crippen LogP contribution is 2.31. The number of benzene rings is 1. The summed E-state index contributed by atoms with van der Waals surface area (Å²) in [5, 5.41) is 4.65. The average molecular weight is 414 g/mol. The van der Waals surface area contributed by atoms with Crippen molar-refractivity contribution < 1.29 is 14.0 Å². The highest BCUT2D eigenvalue weighted by atomic mass is 32.1. The van der Waals surface area contributed by atoms with Gasteiger partial charge in [0.05, 0.1) is 22.6 Å². The molecule has 0 aliphatic rings. The molecule has 1 atom stereocenters. The number of anilines is 3. The molecule has 1 amide bonds. The lowest BCUT2D eigenvalue weighted by atomic mass is 10.1. The lowest BCUT2D eigenvalue weighted by molar-refractivity contribution is 0.0957. The summed E-state index contributed by atoms with van der Waals surface area (Å²) in [7, 11) is 0. The molecule has 0 aliphatic carbocycles. The third kappa shape index (κ3) is 4.39. The largest absolute Gasteiger partial charge is 0.366 e. The molecule has 3 aromatic rings. The maximum absolute atomic E-state index is 14.7. The Morgan fingerprint density at radius 3 is 2.62 bits per heavy atom. The van der Waals surface area contributed by atoms with E-state index in [1.54, 1.807) is 24.3 Å². The van der Waals surface area contributed by atoms with Gasteiger partial charge >= 0.3 is 0 Å². The van der Waals surface area contributed by atoms with Crippen LogP contribution in [0, 0.1) is 12.7 Å². The second kappa shape index (κ2) is 8.33. The molecule has 150 valence electrons. The van der Waals surface area contributed by atoms with Crippen LogP contribution in [0.1, 0.15) is 33.5 Å². The Morgan fingerprint density at radius 1 is 1.28 bits per heavy atom. The Labute approximate surface area is 170 Å². The molecular weight excluding hydrogens is 395 g/mol. The number of nitrogens with zero attached hydrogens (tertiary/aromatic N) is 3. The van der Waals surface area contributed by atoms with Gasteiger partial charge in [-0.2, -0.15) is 4.37 Å². The zero-order valence-corrected chi connectivity index (χ0v) is 16.5. The predicted molar refractivity (Wildman–Crippen MR) is 110 cm³/mol. The quantitative estimate of drug-likeness (QED) is 0.308. The number of Topliss-reactive ketones (excluding diaryl/α,β-unsaturated/α-hetero) is 1. The fourth-order valence-corrected chi connectivity index (χ4v) is 3.35. The molecule has 2 heterocycles. The third-order valence-electron chi connectivity index (χ3n) is 4.23. The lowest BCUT2D eigenvalue weighted by Crippen LogP contribution is -2.45. The molecule has 0 spiro atoms. The van der Waals surface area contributed by atoms with E-state index in [0.29, 0.717) is 5.00 Å². The number of nitrogens with one attached hydrogen (secondary N) is 1. The number of aryl methyl sites for hydroxylation is 1. The van der Waals surface area contributed by atoms with E-state index in [0.717, 1.165) is 16.8 Å². The number of ketones is 1. The van der Waals surface area contributed by atoms with Crippen molar-refractivity contribution >= 4 is 39.6 Å². The van der Waals surface area contributed by atoms with Crippen molar-refractivity contribution in [1.29, 1.82) is 0 Å².